The molecule has 0 saturated carbocycles. The third-order valence-corrected chi connectivity index (χ3v) is 6.39. The van der Waals surface area contributed by atoms with Crippen molar-refractivity contribution >= 4 is 10.0 Å². The molecule has 0 amide bonds. The summed E-state index contributed by atoms with van der Waals surface area (Å²) in [5.74, 6) is -0.128. The number of ether oxygens (including phenoxy) is 1. The average Bonchev–Trinajstić information content (AvgIpc) is 2.63. The molecule has 2 aromatic rings. The molecule has 1 aliphatic rings. The molecule has 5 nitrogen and oxygen atoms in total. The zero-order valence-electron chi connectivity index (χ0n) is 14.8. The molecule has 140 valence electrons. The third kappa shape index (κ3) is 4.60. The monoisotopic (exact) mass is 378 g/mol. The minimum absolute atomic E-state index is 0.0253. The number of rotatable bonds is 6. The molecule has 1 aliphatic heterocycles. The molecule has 0 radical (unpaired) electrons. The van der Waals surface area contributed by atoms with Crippen LogP contribution in [0.25, 0.3) is 0 Å². The van der Waals surface area contributed by atoms with E-state index in [1.165, 1.54) is 13.2 Å². The van der Waals surface area contributed by atoms with Gasteiger partial charge in [0.15, 0.2) is 11.6 Å². The van der Waals surface area contributed by atoms with E-state index in [9.17, 15) is 12.8 Å². The Morgan fingerprint density at radius 1 is 1.00 bits per heavy atom. The lowest BCUT2D eigenvalue weighted by Crippen LogP contribution is -2.48. The fourth-order valence-electron chi connectivity index (χ4n) is 3.11. The zero-order chi connectivity index (χ0) is 18.6. The molecular formula is C19H23FN2O3S. The van der Waals surface area contributed by atoms with E-state index >= 15 is 0 Å². The molecule has 1 fully saturated rings. The predicted octanol–water partition coefficient (Wildman–Crippen LogP) is 2.48. The van der Waals surface area contributed by atoms with Gasteiger partial charge in [-0.15, -0.1) is 0 Å². The predicted molar refractivity (Wildman–Crippen MR) is 98.9 cm³/mol. The van der Waals surface area contributed by atoms with Gasteiger partial charge in [-0.3, -0.25) is 4.90 Å². The Kier molecular flexibility index (Phi) is 5.90. The van der Waals surface area contributed by atoms with Gasteiger partial charge in [0.1, 0.15) is 0 Å². The molecule has 0 aromatic heterocycles. The fourth-order valence-corrected chi connectivity index (χ4v) is 4.62. The van der Waals surface area contributed by atoms with E-state index < -0.39 is 10.0 Å². The average molecular weight is 378 g/mol. The first-order chi connectivity index (χ1) is 12.5. The van der Waals surface area contributed by atoms with Crippen LogP contribution in [0.4, 0.5) is 4.39 Å². The first-order valence-electron chi connectivity index (χ1n) is 8.54. The van der Waals surface area contributed by atoms with Gasteiger partial charge in [-0.2, -0.15) is 4.31 Å². The summed E-state index contributed by atoms with van der Waals surface area (Å²) >= 11 is 0. The first-order valence-corrected chi connectivity index (χ1v) is 10.2. The van der Waals surface area contributed by atoms with Gasteiger partial charge in [0.2, 0.25) is 10.0 Å². The molecule has 0 bridgehead atoms. The van der Waals surface area contributed by atoms with Crippen LogP contribution < -0.4 is 4.74 Å². The molecule has 2 aromatic carbocycles. The van der Waals surface area contributed by atoms with Gasteiger partial charge in [0.05, 0.1) is 12.9 Å². The Hall–Kier alpha value is -1.96. The molecule has 26 heavy (non-hydrogen) atoms. The molecule has 7 heteroatoms. The fraction of sp³-hybridized carbons (Fsp3) is 0.368. The Bertz CT molecular complexity index is 835. The topological polar surface area (TPSA) is 49.9 Å². The maximum absolute atomic E-state index is 13.8. The summed E-state index contributed by atoms with van der Waals surface area (Å²) < 4.78 is 45.4. The van der Waals surface area contributed by atoms with Gasteiger partial charge in [-0.25, -0.2) is 12.8 Å². The molecular weight excluding hydrogens is 355 g/mol. The highest BCUT2D eigenvalue weighted by molar-refractivity contribution is 7.88. The van der Waals surface area contributed by atoms with Gasteiger partial charge < -0.3 is 4.74 Å². The van der Waals surface area contributed by atoms with Gasteiger partial charge >= 0.3 is 0 Å². The Morgan fingerprint density at radius 2 is 1.69 bits per heavy atom. The highest BCUT2D eigenvalue weighted by Gasteiger charge is 2.27. The van der Waals surface area contributed by atoms with Crippen LogP contribution in [0.3, 0.4) is 0 Å². The SMILES string of the molecule is COc1ccc(CN2CCN(S(=O)(=O)Cc3ccccc3)CC2)cc1F. The van der Waals surface area contributed by atoms with Crippen LogP contribution in [0.2, 0.25) is 0 Å². The molecule has 0 atom stereocenters. The Morgan fingerprint density at radius 3 is 2.31 bits per heavy atom. The van der Waals surface area contributed by atoms with Crippen molar-refractivity contribution in [3.8, 4) is 5.75 Å². The van der Waals surface area contributed by atoms with Crippen LogP contribution in [-0.2, 0) is 22.3 Å². The van der Waals surface area contributed by atoms with Crippen molar-refractivity contribution in [2.24, 2.45) is 0 Å². The Balaban J connectivity index is 1.56. The van der Waals surface area contributed by atoms with Crippen LogP contribution in [0.15, 0.2) is 48.5 Å². The number of piperazine rings is 1. The van der Waals surface area contributed by atoms with E-state index in [2.05, 4.69) is 4.90 Å². The number of methoxy groups -OCH3 is 1. The van der Waals surface area contributed by atoms with Crippen molar-refractivity contribution in [2.45, 2.75) is 12.3 Å². The summed E-state index contributed by atoms with van der Waals surface area (Å²) in [7, 11) is -1.88. The number of nitrogens with zero attached hydrogens (tertiary/aromatic N) is 2. The zero-order valence-corrected chi connectivity index (χ0v) is 15.6. The summed E-state index contributed by atoms with van der Waals surface area (Å²) in [5.41, 5.74) is 1.65. The van der Waals surface area contributed by atoms with E-state index in [1.54, 1.807) is 10.4 Å². The van der Waals surface area contributed by atoms with E-state index in [1.807, 2.05) is 36.4 Å². The van der Waals surface area contributed by atoms with Crippen LogP contribution in [-0.4, -0.2) is 50.9 Å². The first kappa shape index (κ1) is 18.8. The second-order valence-corrected chi connectivity index (χ2v) is 8.35. The molecule has 0 spiro atoms. The lowest BCUT2D eigenvalue weighted by molar-refractivity contribution is 0.181. The summed E-state index contributed by atoms with van der Waals surface area (Å²) in [5, 5.41) is 0. The van der Waals surface area contributed by atoms with Crippen LogP contribution in [0.5, 0.6) is 5.75 Å². The number of hydrogen-bond acceptors (Lipinski definition) is 4. The molecule has 1 heterocycles. The lowest BCUT2D eigenvalue weighted by atomic mass is 10.2. The standard InChI is InChI=1S/C19H23FN2O3S/c1-25-19-8-7-17(13-18(19)20)14-21-9-11-22(12-10-21)26(23,24)15-16-5-3-2-4-6-16/h2-8,13H,9-12,14-15H2,1H3. The highest BCUT2D eigenvalue weighted by Crippen LogP contribution is 2.20. The molecule has 1 saturated heterocycles. The lowest BCUT2D eigenvalue weighted by Gasteiger charge is -2.34. The summed E-state index contributed by atoms with van der Waals surface area (Å²) in [6.07, 6.45) is 0. The second-order valence-electron chi connectivity index (χ2n) is 6.39. The van der Waals surface area contributed by atoms with E-state index in [-0.39, 0.29) is 17.3 Å². The van der Waals surface area contributed by atoms with Gasteiger partial charge in [0.25, 0.3) is 0 Å². The van der Waals surface area contributed by atoms with Crippen molar-refractivity contribution in [3.05, 3.63) is 65.5 Å². The van der Waals surface area contributed by atoms with Gasteiger partial charge in [-0.1, -0.05) is 36.4 Å². The minimum Gasteiger partial charge on any atom is -0.494 e. The number of hydrogen-bond donors (Lipinski definition) is 0. The third-order valence-electron chi connectivity index (χ3n) is 4.54. The minimum atomic E-state index is -3.32. The van der Waals surface area contributed by atoms with E-state index in [0.717, 1.165) is 11.1 Å². The Labute approximate surface area is 154 Å². The summed E-state index contributed by atoms with van der Waals surface area (Å²) in [4.78, 5) is 2.13. The van der Waals surface area contributed by atoms with E-state index in [4.69, 9.17) is 4.74 Å². The number of benzene rings is 2. The molecule has 0 aliphatic carbocycles. The normalized spacial score (nSPS) is 16.5. The maximum Gasteiger partial charge on any atom is 0.218 e. The van der Waals surface area contributed by atoms with Crippen molar-refractivity contribution in [1.82, 2.24) is 9.21 Å². The molecule has 3 rings (SSSR count). The number of sulfonamides is 1. The van der Waals surface area contributed by atoms with Crippen molar-refractivity contribution in [1.29, 1.82) is 0 Å². The molecule has 0 unspecified atom stereocenters. The van der Waals surface area contributed by atoms with Crippen LogP contribution in [0.1, 0.15) is 11.1 Å². The summed E-state index contributed by atoms with van der Waals surface area (Å²) in [6, 6.07) is 14.1. The van der Waals surface area contributed by atoms with Gasteiger partial charge in [-0.05, 0) is 23.3 Å². The quantitative estimate of drug-likeness (QED) is 0.775. The molecule has 0 N–H and O–H groups in total. The van der Waals surface area contributed by atoms with Gasteiger partial charge in [0, 0.05) is 32.7 Å². The largest absolute Gasteiger partial charge is 0.494 e. The van der Waals surface area contributed by atoms with E-state index in [0.29, 0.717) is 32.7 Å². The maximum atomic E-state index is 13.8. The van der Waals surface area contributed by atoms with Crippen LogP contribution >= 0.6 is 0 Å². The smallest absolute Gasteiger partial charge is 0.218 e. The van der Waals surface area contributed by atoms with Crippen molar-refractivity contribution in [2.75, 3.05) is 33.3 Å². The van der Waals surface area contributed by atoms with Crippen LogP contribution in [0, 0.1) is 5.82 Å². The summed E-state index contributed by atoms with van der Waals surface area (Å²) in [6.45, 7) is 2.75. The van der Waals surface area contributed by atoms with Crippen molar-refractivity contribution in [3.63, 3.8) is 0 Å². The number of halogens is 1. The van der Waals surface area contributed by atoms with Crippen molar-refractivity contribution < 1.29 is 17.5 Å². The highest BCUT2D eigenvalue weighted by atomic mass is 32.2. The second kappa shape index (κ2) is 8.16.